The van der Waals surface area contributed by atoms with Crippen molar-refractivity contribution in [3.05, 3.63) is 67.9 Å². The zero-order valence-electron chi connectivity index (χ0n) is 11.0. The molecule has 0 saturated heterocycles. The molecule has 0 fully saturated rings. The molecular formula is C15H12BrFN2O2. The maximum Gasteiger partial charge on any atom is 0.285 e. The average Bonchev–Trinajstić information content (AvgIpc) is 2.85. The number of benzene rings is 2. The molecule has 0 aliphatic heterocycles. The summed E-state index contributed by atoms with van der Waals surface area (Å²) >= 11 is 3.16. The van der Waals surface area contributed by atoms with Crippen molar-refractivity contribution < 1.29 is 9.31 Å². The summed E-state index contributed by atoms with van der Waals surface area (Å²) in [5.41, 5.74) is 2.34. The van der Waals surface area contributed by atoms with Crippen LogP contribution in [-0.4, -0.2) is 4.92 Å². The fraction of sp³-hybridized carbons (Fsp3) is 0.200. The van der Waals surface area contributed by atoms with E-state index in [4.69, 9.17) is 0 Å². The van der Waals surface area contributed by atoms with E-state index in [0.717, 1.165) is 17.5 Å². The highest BCUT2D eigenvalue weighted by Gasteiger charge is 2.25. The summed E-state index contributed by atoms with van der Waals surface area (Å²) in [5.74, 6) is -0.182. The van der Waals surface area contributed by atoms with Crippen molar-refractivity contribution in [2.75, 3.05) is 5.32 Å². The number of nitro groups is 1. The molecule has 0 radical (unpaired) electrons. The van der Waals surface area contributed by atoms with E-state index in [9.17, 15) is 14.5 Å². The van der Waals surface area contributed by atoms with Gasteiger partial charge in [0, 0.05) is 11.8 Å². The van der Waals surface area contributed by atoms with Crippen LogP contribution in [0, 0.1) is 15.9 Å². The van der Waals surface area contributed by atoms with Crippen LogP contribution >= 0.6 is 15.9 Å². The van der Waals surface area contributed by atoms with Crippen LogP contribution < -0.4 is 5.32 Å². The van der Waals surface area contributed by atoms with Gasteiger partial charge in [-0.15, -0.1) is 0 Å². The van der Waals surface area contributed by atoms with Gasteiger partial charge in [0.25, 0.3) is 5.69 Å². The van der Waals surface area contributed by atoms with Gasteiger partial charge in [-0.1, -0.05) is 12.1 Å². The largest absolute Gasteiger partial charge is 0.378 e. The van der Waals surface area contributed by atoms with Crippen LogP contribution in [0.4, 0.5) is 15.8 Å². The van der Waals surface area contributed by atoms with Gasteiger partial charge < -0.3 is 5.32 Å². The molecule has 1 N–H and O–H groups in total. The monoisotopic (exact) mass is 350 g/mol. The lowest BCUT2D eigenvalue weighted by Crippen LogP contribution is -2.07. The van der Waals surface area contributed by atoms with Crippen LogP contribution in [0.3, 0.4) is 0 Å². The molecule has 1 atom stereocenters. The first-order chi connectivity index (χ1) is 10.1. The molecule has 0 spiro atoms. The second-order valence-corrected chi connectivity index (χ2v) is 5.82. The molecule has 0 saturated carbocycles. The molecule has 1 aliphatic carbocycles. The molecule has 108 valence electrons. The number of hydrogen-bond donors (Lipinski definition) is 1. The van der Waals surface area contributed by atoms with Gasteiger partial charge in [0.15, 0.2) is 0 Å². The number of halogens is 2. The van der Waals surface area contributed by atoms with Crippen molar-refractivity contribution in [3.8, 4) is 0 Å². The summed E-state index contributed by atoms with van der Waals surface area (Å²) in [5, 5.41) is 14.2. The Balaban J connectivity index is 1.88. The number of nitrogens with one attached hydrogen (secondary N) is 1. The lowest BCUT2D eigenvalue weighted by Gasteiger charge is -2.15. The van der Waals surface area contributed by atoms with E-state index < -0.39 is 4.92 Å². The zero-order chi connectivity index (χ0) is 15.0. The lowest BCUT2D eigenvalue weighted by molar-refractivity contribution is -0.385. The summed E-state index contributed by atoms with van der Waals surface area (Å²) in [6, 6.07) is 9.94. The number of hydrogen-bond acceptors (Lipinski definition) is 3. The highest BCUT2D eigenvalue weighted by Crippen LogP contribution is 2.36. The second kappa shape index (κ2) is 5.44. The minimum atomic E-state index is -0.433. The van der Waals surface area contributed by atoms with Crippen LogP contribution in [0.2, 0.25) is 0 Å². The van der Waals surface area contributed by atoms with Gasteiger partial charge in [0.05, 0.1) is 15.4 Å². The molecule has 0 bridgehead atoms. The smallest absolute Gasteiger partial charge is 0.285 e. The van der Waals surface area contributed by atoms with Crippen molar-refractivity contribution in [3.63, 3.8) is 0 Å². The predicted octanol–water partition coefficient (Wildman–Crippen LogP) is 4.60. The van der Waals surface area contributed by atoms with Gasteiger partial charge in [-0.3, -0.25) is 10.1 Å². The van der Waals surface area contributed by atoms with Crippen molar-refractivity contribution >= 4 is 27.3 Å². The number of rotatable bonds is 3. The Kier molecular flexibility index (Phi) is 3.63. The minimum Gasteiger partial charge on any atom is -0.378 e. The van der Waals surface area contributed by atoms with Crippen molar-refractivity contribution in [1.82, 2.24) is 0 Å². The lowest BCUT2D eigenvalue weighted by atomic mass is 10.1. The van der Waals surface area contributed by atoms with Crippen LogP contribution in [0.25, 0.3) is 0 Å². The molecule has 0 aromatic heterocycles. The van der Waals surface area contributed by atoms with Crippen LogP contribution in [-0.2, 0) is 6.42 Å². The van der Waals surface area contributed by atoms with E-state index in [1.807, 2.05) is 6.07 Å². The fourth-order valence-electron chi connectivity index (χ4n) is 2.70. The molecule has 0 amide bonds. The molecule has 1 unspecified atom stereocenters. The molecule has 1 aliphatic rings. The zero-order valence-corrected chi connectivity index (χ0v) is 12.6. The number of nitro benzene ring substituents is 1. The normalized spacial score (nSPS) is 16.6. The SMILES string of the molecule is O=[N+]([O-])c1cc(NC2CCc3c(F)cccc32)ccc1Br. The Morgan fingerprint density at radius 2 is 2.14 bits per heavy atom. The van der Waals surface area contributed by atoms with E-state index in [1.54, 1.807) is 18.2 Å². The first-order valence-corrected chi connectivity index (χ1v) is 7.33. The summed E-state index contributed by atoms with van der Waals surface area (Å²) < 4.78 is 14.1. The topological polar surface area (TPSA) is 55.2 Å². The van der Waals surface area contributed by atoms with Crippen LogP contribution in [0.15, 0.2) is 40.9 Å². The summed E-state index contributed by atoms with van der Waals surface area (Å²) in [6.45, 7) is 0. The first kappa shape index (κ1) is 14.0. The van der Waals surface area contributed by atoms with Gasteiger partial charge in [-0.05, 0) is 58.1 Å². The summed E-state index contributed by atoms with van der Waals surface area (Å²) in [6.07, 6.45) is 1.46. The maximum absolute atomic E-state index is 13.7. The van der Waals surface area contributed by atoms with Crippen molar-refractivity contribution in [2.45, 2.75) is 18.9 Å². The van der Waals surface area contributed by atoms with E-state index in [2.05, 4.69) is 21.2 Å². The fourth-order valence-corrected chi connectivity index (χ4v) is 3.09. The van der Waals surface area contributed by atoms with Gasteiger partial charge in [-0.2, -0.15) is 0 Å². The Hall–Kier alpha value is -1.95. The Bertz CT molecular complexity index is 721. The third kappa shape index (κ3) is 2.63. The van der Waals surface area contributed by atoms with Gasteiger partial charge in [0.2, 0.25) is 0 Å². The molecule has 3 rings (SSSR count). The molecule has 4 nitrogen and oxygen atoms in total. The van der Waals surface area contributed by atoms with Crippen molar-refractivity contribution in [2.24, 2.45) is 0 Å². The highest BCUT2D eigenvalue weighted by atomic mass is 79.9. The minimum absolute atomic E-state index is 0.0115. The van der Waals surface area contributed by atoms with Gasteiger partial charge in [0.1, 0.15) is 5.82 Å². The van der Waals surface area contributed by atoms with Crippen LogP contribution in [0.5, 0.6) is 0 Å². The third-order valence-electron chi connectivity index (χ3n) is 3.70. The van der Waals surface area contributed by atoms with Gasteiger partial charge >= 0.3 is 0 Å². The van der Waals surface area contributed by atoms with Gasteiger partial charge in [-0.25, -0.2) is 4.39 Å². The molecule has 2 aromatic carbocycles. The maximum atomic E-state index is 13.7. The molecule has 0 heterocycles. The van der Waals surface area contributed by atoms with E-state index in [-0.39, 0.29) is 17.5 Å². The molecule has 21 heavy (non-hydrogen) atoms. The number of anilines is 1. The Morgan fingerprint density at radius 1 is 1.33 bits per heavy atom. The number of fused-ring (bicyclic) bond motifs is 1. The quantitative estimate of drug-likeness (QED) is 0.650. The molecular weight excluding hydrogens is 339 g/mol. The standard InChI is InChI=1S/C15H12BrFN2O2/c16-12-6-4-9(8-15(12)19(20)21)18-14-7-5-10-11(14)2-1-3-13(10)17/h1-4,6,8,14,18H,5,7H2. The second-order valence-electron chi connectivity index (χ2n) is 4.97. The van der Waals surface area contributed by atoms with Crippen molar-refractivity contribution in [1.29, 1.82) is 0 Å². The number of nitrogens with zero attached hydrogens (tertiary/aromatic N) is 1. The van der Waals surface area contributed by atoms with Crippen LogP contribution in [0.1, 0.15) is 23.6 Å². The molecule has 6 heteroatoms. The first-order valence-electron chi connectivity index (χ1n) is 6.54. The summed E-state index contributed by atoms with van der Waals surface area (Å²) in [4.78, 5) is 10.5. The van der Waals surface area contributed by atoms with E-state index >= 15 is 0 Å². The molecule has 2 aromatic rings. The average molecular weight is 351 g/mol. The highest BCUT2D eigenvalue weighted by molar-refractivity contribution is 9.10. The predicted molar refractivity (Wildman–Crippen MR) is 81.9 cm³/mol. The van der Waals surface area contributed by atoms with E-state index in [1.165, 1.54) is 12.1 Å². The Morgan fingerprint density at radius 3 is 2.90 bits per heavy atom. The third-order valence-corrected chi connectivity index (χ3v) is 4.37. The summed E-state index contributed by atoms with van der Waals surface area (Å²) in [7, 11) is 0. The Labute approximate surface area is 129 Å². The van der Waals surface area contributed by atoms with E-state index in [0.29, 0.717) is 16.6 Å².